The number of rotatable bonds is 4. The summed E-state index contributed by atoms with van der Waals surface area (Å²) in [5.74, 6) is -2.40. The van der Waals surface area contributed by atoms with Gasteiger partial charge in [0, 0.05) is 26.1 Å². The highest BCUT2D eigenvalue weighted by Crippen LogP contribution is 2.15. The van der Waals surface area contributed by atoms with Gasteiger partial charge in [0.1, 0.15) is 0 Å². The molecule has 0 aromatic heterocycles. The average molecular weight is 283 g/mol. The Labute approximate surface area is 117 Å². The lowest BCUT2D eigenvalue weighted by molar-refractivity contribution is -0.0675. The lowest BCUT2D eigenvalue weighted by Crippen LogP contribution is -2.46. The first-order valence-electron chi connectivity index (χ1n) is 6.82. The smallest absolute Gasteiger partial charge is 0.169 e. The number of carbonyl (C=O) groups is 1. The zero-order valence-corrected chi connectivity index (χ0v) is 11.7. The van der Waals surface area contributed by atoms with Crippen molar-refractivity contribution in [1.82, 2.24) is 4.90 Å². The molecule has 1 fully saturated rings. The van der Waals surface area contributed by atoms with Gasteiger partial charge in [-0.3, -0.25) is 9.69 Å². The Morgan fingerprint density at radius 1 is 1.30 bits per heavy atom. The van der Waals surface area contributed by atoms with E-state index in [2.05, 4.69) is 4.90 Å². The molecule has 1 aromatic rings. The largest absolute Gasteiger partial charge is 0.373 e. The Balaban J connectivity index is 1.93. The molecule has 0 saturated carbocycles. The Morgan fingerprint density at radius 3 is 2.60 bits per heavy atom. The monoisotopic (exact) mass is 283 g/mol. The van der Waals surface area contributed by atoms with Crippen molar-refractivity contribution in [2.45, 2.75) is 32.5 Å². The Hall–Kier alpha value is -1.33. The number of halogens is 2. The minimum Gasteiger partial charge on any atom is -0.373 e. The summed E-state index contributed by atoms with van der Waals surface area (Å²) in [5, 5.41) is 0. The summed E-state index contributed by atoms with van der Waals surface area (Å²) in [6, 6.07) is 3.69. The first-order chi connectivity index (χ1) is 9.47. The topological polar surface area (TPSA) is 29.5 Å². The maximum atomic E-state index is 13.5. The van der Waals surface area contributed by atoms with E-state index in [-0.39, 0.29) is 30.0 Å². The average Bonchev–Trinajstić information content (AvgIpc) is 2.38. The number of Topliss-reactive ketones (excluding diaryl/α,β-unsaturated/α-hetero) is 1. The molecule has 0 N–H and O–H groups in total. The quantitative estimate of drug-likeness (QED) is 0.796. The first kappa shape index (κ1) is 15.1. The van der Waals surface area contributed by atoms with E-state index in [1.165, 1.54) is 12.1 Å². The molecule has 1 saturated heterocycles. The number of hydrogen-bond donors (Lipinski definition) is 0. The summed E-state index contributed by atoms with van der Waals surface area (Å²) < 4.78 is 32.2. The van der Waals surface area contributed by atoms with Crippen molar-refractivity contribution in [2.75, 3.05) is 19.6 Å². The fourth-order valence-electron chi connectivity index (χ4n) is 2.58. The van der Waals surface area contributed by atoms with E-state index < -0.39 is 11.6 Å². The molecule has 0 aliphatic carbocycles. The van der Waals surface area contributed by atoms with Crippen molar-refractivity contribution in [3.8, 4) is 0 Å². The molecule has 0 amide bonds. The van der Waals surface area contributed by atoms with Crippen molar-refractivity contribution < 1.29 is 18.3 Å². The van der Waals surface area contributed by atoms with Crippen LogP contribution in [0.3, 0.4) is 0 Å². The highest BCUT2D eigenvalue weighted by atomic mass is 19.2. The van der Waals surface area contributed by atoms with Crippen LogP contribution in [0.2, 0.25) is 0 Å². The number of carbonyl (C=O) groups excluding carboxylic acids is 1. The van der Waals surface area contributed by atoms with Crippen LogP contribution in [0, 0.1) is 11.6 Å². The number of benzene rings is 1. The fourth-order valence-corrected chi connectivity index (χ4v) is 2.58. The highest BCUT2D eigenvalue weighted by Gasteiger charge is 2.23. The molecule has 2 unspecified atom stereocenters. The predicted molar refractivity (Wildman–Crippen MR) is 71.8 cm³/mol. The van der Waals surface area contributed by atoms with Gasteiger partial charge in [-0.15, -0.1) is 0 Å². The maximum Gasteiger partial charge on any atom is 0.169 e. The first-order valence-corrected chi connectivity index (χ1v) is 6.82. The molecule has 2 atom stereocenters. The van der Waals surface area contributed by atoms with Gasteiger partial charge in [0.2, 0.25) is 0 Å². The van der Waals surface area contributed by atoms with E-state index >= 15 is 0 Å². The second kappa shape index (κ2) is 6.41. The van der Waals surface area contributed by atoms with Gasteiger partial charge in [0.15, 0.2) is 17.4 Å². The number of nitrogens with zero attached hydrogens (tertiary/aromatic N) is 1. The van der Waals surface area contributed by atoms with Crippen molar-refractivity contribution in [3.05, 3.63) is 35.4 Å². The predicted octanol–water partition coefficient (Wildman–Crippen LogP) is 2.65. The van der Waals surface area contributed by atoms with Crippen LogP contribution in [-0.2, 0) is 4.74 Å². The second-order valence-electron chi connectivity index (χ2n) is 5.29. The molecule has 1 aliphatic heterocycles. The molecule has 5 heteroatoms. The molecular weight excluding hydrogens is 264 g/mol. The molecular formula is C15H19F2NO2. The van der Waals surface area contributed by atoms with Gasteiger partial charge < -0.3 is 4.74 Å². The van der Waals surface area contributed by atoms with E-state index in [0.29, 0.717) is 6.54 Å². The van der Waals surface area contributed by atoms with Crippen LogP contribution < -0.4 is 0 Å². The number of morpholine rings is 1. The Morgan fingerprint density at radius 2 is 1.95 bits per heavy atom. The van der Waals surface area contributed by atoms with Crippen LogP contribution in [0.4, 0.5) is 8.78 Å². The number of ketones is 1. The summed E-state index contributed by atoms with van der Waals surface area (Å²) in [6.07, 6.45) is 0.430. The summed E-state index contributed by atoms with van der Waals surface area (Å²) in [5.41, 5.74) is -0.167. The Kier molecular flexibility index (Phi) is 4.83. The Bertz CT molecular complexity index is 483. The van der Waals surface area contributed by atoms with E-state index in [9.17, 15) is 13.6 Å². The summed E-state index contributed by atoms with van der Waals surface area (Å²) >= 11 is 0. The summed E-state index contributed by atoms with van der Waals surface area (Å²) in [7, 11) is 0. The van der Waals surface area contributed by atoms with Crippen molar-refractivity contribution >= 4 is 5.78 Å². The summed E-state index contributed by atoms with van der Waals surface area (Å²) in [4.78, 5) is 14.1. The van der Waals surface area contributed by atoms with E-state index in [0.717, 1.165) is 19.2 Å². The van der Waals surface area contributed by atoms with Gasteiger partial charge in [0.05, 0.1) is 17.8 Å². The third kappa shape index (κ3) is 3.61. The van der Waals surface area contributed by atoms with Crippen molar-refractivity contribution in [1.29, 1.82) is 0 Å². The molecule has 1 aromatic carbocycles. The molecule has 0 radical (unpaired) electrons. The van der Waals surface area contributed by atoms with Crippen LogP contribution in [0.1, 0.15) is 30.6 Å². The molecule has 2 rings (SSSR count). The van der Waals surface area contributed by atoms with Crippen molar-refractivity contribution in [3.63, 3.8) is 0 Å². The minimum absolute atomic E-state index is 0.125. The van der Waals surface area contributed by atoms with Gasteiger partial charge in [-0.05, 0) is 26.0 Å². The minimum atomic E-state index is -1.05. The molecule has 0 bridgehead atoms. The third-order valence-corrected chi connectivity index (χ3v) is 3.40. The van der Waals surface area contributed by atoms with Gasteiger partial charge in [-0.25, -0.2) is 8.78 Å². The van der Waals surface area contributed by atoms with Gasteiger partial charge >= 0.3 is 0 Å². The van der Waals surface area contributed by atoms with Gasteiger partial charge in [0.25, 0.3) is 0 Å². The van der Waals surface area contributed by atoms with Crippen LogP contribution in [0.5, 0.6) is 0 Å². The molecule has 1 heterocycles. The molecule has 1 aliphatic rings. The van der Waals surface area contributed by atoms with Crippen molar-refractivity contribution in [2.24, 2.45) is 0 Å². The van der Waals surface area contributed by atoms with Gasteiger partial charge in [-0.1, -0.05) is 6.07 Å². The van der Waals surface area contributed by atoms with E-state index in [1.807, 2.05) is 13.8 Å². The molecule has 20 heavy (non-hydrogen) atoms. The lowest BCUT2D eigenvalue weighted by Gasteiger charge is -2.35. The fraction of sp³-hybridized carbons (Fsp3) is 0.533. The van der Waals surface area contributed by atoms with Gasteiger partial charge in [-0.2, -0.15) is 0 Å². The lowest BCUT2D eigenvalue weighted by atomic mass is 10.1. The van der Waals surface area contributed by atoms with E-state index in [4.69, 9.17) is 4.74 Å². The number of ether oxygens (including phenoxy) is 1. The molecule has 3 nitrogen and oxygen atoms in total. The second-order valence-corrected chi connectivity index (χ2v) is 5.29. The normalized spacial score (nSPS) is 23.8. The van der Waals surface area contributed by atoms with Crippen LogP contribution in [0.15, 0.2) is 18.2 Å². The molecule has 110 valence electrons. The van der Waals surface area contributed by atoms with E-state index in [1.54, 1.807) is 0 Å². The molecule has 0 spiro atoms. The summed E-state index contributed by atoms with van der Waals surface area (Å²) in [6.45, 7) is 6.01. The zero-order valence-electron chi connectivity index (χ0n) is 11.7. The SMILES string of the molecule is CC1CN(CCC(=O)c2cccc(F)c2F)CC(C)O1. The zero-order chi connectivity index (χ0) is 14.7. The van der Waals surface area contributed by atoms with Crippen LogP contribution >= 0.6 is 0 Å². The highest BCUT2D eigenvalue weighted by molar-refractivity contribution is 5.96. The standard InChI is InChI=1S/C15H19F2NO2/c1-10-8-18(9-11(2)20-10)7-6-14(19)12-4-3-5-13(16)15(12)17/h3-5,10-11H,6-9H2,1-2H3. The van der Waals surface area contributed by atoms with Crippen LogP contribution in [0.25, 0.3) is 0 Å². The number of hydrogen-bond acceptors (Lipinski definition) is 3. The third-order valence-electron chi connectivity index (χ3n) is 3.40. The maximum absolute atomic E-state index is 13.5. The van der Waals surface area contributed by atoms with Crippen LogP contribution in [-0.4, -0.2) is 42.5 Å².